The highest BCUT2D eigenvalue weighted by molar-refractivity contribution is 7.93. The molecule has 1 aliphatic rings. The molecule has 7 nitrogen and oxygen atoms in total. The van der Waals surface area contributed by atoms with Crippen LogP contribution in [0.4, 0.5) is 5.82 Å². The molecule has 144 valence electrons. The van der Waals surface area contributed by atoms with E-state index < -0.39 is 9.84 Å². The summed E-state index contributed by atoms with van der Waals surface area (Å²) in [6, 6.07) is 10.7. The molecular formula is C19H18N4O3S2. The van der Waals surface area contributed by atoms with Gasteiger partial charge >= 0.3 is 0 Å². The van der Waals surface area contributed by atoms with Crippen LogP contribution in [-0.2, 0) is 21.1 Å². The SMILES string of the molecule is Nc1c(S(=O)(=O)c2cccs2)c2nc3ccccc3nc2n1C[C@@H]1CCCO1. The smallest absolute Gasteiger partial charge is 0.221 e. The Hall–Kier alpha value is -2.49. The molecule has 0 aliphatic carbocycles. The van der Waals surface area contributed by atoms with Crippen LogP contribution >= 0.6 is 11.3 Å². The predicted octanol–water partition coefficient (Wildman–Crippen LogP) is 3.24. The Kier molecular flexibility index (Phi) is 4.11. The van der Waals surface area contributed by atoms with Crippen molar-refractivity contribution < 1.29 is 13.2 Å². The van der Waals surface area contributed by atoms with Crippen LogP contribution < -0.4 is 5.73 Å². The van der Waals surface area contributed by atoms with Crippen LogP contribution in [0, 0.1) is 0 Å². The molecule has 0 spiro atoms. The number of sulfone groups is 1. The van der Waals surface area contributed by atoms with Gasteiger partial charge in [-0.25, -0.2) is 18.4 Å². The lowest BCUT2D eigenvalue weighted by Crippen LogP contribution is -2.17. The van der Waals surface area contributed by atoms with Crippen molar-refractivity contribution in [2.24, 2.45) is 0 Å². The van der Waals surface area contributed by atoms with Crippen LogP contribution in [0.25, 0.3) is 22.2 Å². The summed E-state index contributed by atoms with van der Waals surface area (Å²) in [6.07, 6.45) is 1.88. The fraction of sp³-hybridized carbons (Fsp3) is 0.263. The maximum Gasteiger partial charge on any atom is 0.221 e. The Morgan fingerprint density at radius 2 is 1.96 bits per heavy atom. The molecule has 1 aromatic carbocycles. The molecule has 9 heteroatoms. The highest BCUT2D eigenvalue weighted by atomic mass is 32.2. The molecule has 1 aliphatic heterocycles. The molecule has 0 unspecified atom stereocenters. The van der Waals surface area contributed by atoms with Crippen molar-refractivity contribution in [1.29, 1.82) is 0 Å². The van der Waals surface area contributed by atoms with Gasteiger partial charge in [-0.1, -0.05) is 18.2 Å². The second-order valence-corrected chi connectivity index (χ2v) is 9.84. The van der Waals surface area contributed by atoms with E-state index >= 15 is 0 Å². The van der Waals surface area contributed by atoms with Crippen LogP contribution in [0.3, 0.4) is 0 Å². The highest BCUT2D eigenvalue weighted by Crippen LogP contribution is 2.37. The average molecular weight is 415 g/mol. The number of anilines is 1. The first-order chi connectivity index (χ1) is 13.6. The maximum absolute atomic E-state index is 13.3. The summed E-state index contributed by atoms with van der Waals surface area (Å²) in [5.74, 6) is 0.161. The number of aromatic nitrogens is 3. The van der Waals surface area contributed by atoms with Crippen molar-refractivity contribution in [1.82, 2.24) is 14.5 Å². The second kappa shape index (κ2) is 6.54. The van der Waals surface area contributed by atoms with Crippen molar-refractivity contribution in [3.63, 3.8) is 0 Å². The zero-order valence-corrected chi connectivity index (χ0v) is 16.5. The van der Waals surface area contributed by atoms with Gasteiger partial charge in [0.2, 0.25) is 9.84 Å². The molecule has 28 heavy (non-hydrogen) atoms. The van der Waals surface area contributed by atoms with Crippen LogP contribution in [-0.4, -0.2) is 35.7 Å². The van der Waals surface area contributed by atoms with Crippen LogP contribution in [0.15, 0.2) is 50.9 Å². The van der Waals surface area contributed by atoms with E-state index in [1.54, 1.807) is 22.1 Å². The maximum atomic E-state index is 13.3. The lowest BCUT2D eigenvalue weighted by molar-refractivity contribution is 0.0983. The second-order valence-electron chi connectivity index (χ2n) is 6.78. The number of fused-ring (bicyclic) bond motifs is 2. The number of hydrogen-bond acceptors (Lipinski definition) is 7. The number of nitrogens with two attached hydrogens (primary N) is 1. The third-order valence-corrected chi connectivity index (χ3v) is 8.20. The topological polar surface area (TPSA) is 100 Å². The van der Waals surface area contributed by atoms with Gasteiger partial charge in [0, 0.05) is 6.61 Å². The highest BCUT2D eigenvalue weighted by Gasteiger charge is 2.32. The van der Waals surface area contributed by atoms with Crippen molar-refractivity contribution in [3.8, 4) is 0 Å². The minimum absolute atomic E-state index is 0.0107. The monoisotopic (exact) mass is 414 g/mol. The molecule has 1 fully saturated rings. The van der Waals surface area contributed by atoms with Gasteiger partial charge in [-0.3, -0.25) is 0 Å². The Labute approximate surface area is 165 Å². The molecule has 0 radical (unpaired) electrons. The molecule has 2 N–H and O–H groups in total. The third kappa shape index (κ3) is 2.69. The molecule has 0 saturated carbocycles. The van der Waals surface area contributed by atoms with Gasteiger partial charge < -0.3 is 15.0 Å². The first-order valence-corrected chi connectivity index (χ1v) is 11.4. The molecule has 1 saturated heterocycles. The lowest BCUT2D eigenvalue weighted by Gasteiger charge is -2.13. The average Bonchev–Trinajstić information content (AvgIpc) is 3.43. The van der Waals surface area contributed by atoms with Gasteiger partial charge in [-0.2, -0.15) is 0 Å². The van der Waals surface area contributed by atoms with Crippen molar-refractivity contribution in [2.45, 2.75) is 34.6 Å². The molecular weight excluding hydrogens is 396 g/mol. The number of nitrogens with zero attached hydrogens (tertiary/aromatic N) is 3. The number of nitrogen functional groups attached to an aromatic ring is 1. The summed E-state index contributed by atoms with van der Waals surface area (Å²) < 4.78 is 34.4. The Morgan fingerprint density at radius 3 is 2.64 bits per heavy atom. The van der Waals surface area contributed by atoms with Crippen LogP contribution in [0.2, 0.25) is 0 Å². The largest absolute Gasteiger partial charge is 0.384 e. The molecule has 3 aromatic heterocycles. The van der Waals surface area contributed by atoms with Crippen LogP contribution in [0.5, 0.6) is 0 Å². The van der Waals surface area contributed by atoms with E-state index in [-0.39, 0.29) is 21.0 Å². The minimum Gasteiger partial charge on any atom is -0.384 e. The summed E-state index contributed by atoms with van der Waals surface area (Å²) in [5, 5.41) is 1.73. The zero-order chi connectivity index (χ0) is 19.3. The van der Waals surface area contributed by atoms with Gasteiger partial charge in [0.25, 0.3) is 0 Å². The summed E-state index contributed by atoms with van der Waals surface area (Å²) in [7, 11) is -3.80. The Bertz CT molecular complexity index is 1270. The van der Waals surface area contributed by atoms with Crippen molar-refractivity contribution in [2.75, 3.05) is 12.3 Å². The van der Waals surface area contributed by atoms with Gasteiger partial charge in [0.1, 0.15) is 20.4 Å². The zero-order valence-electron chi connectivity index (χ0n) is 14.9. The van der Waals surface area contributed by atoms with E-state index in [1.165, 1.54) is 0 Å². The van der Waals surface area contributed by atoms with E-state index in [9.17, 15) is 8.42 Å². The summed E-state index contributed by atoms with van der Waals surface area (Å²) in [4.78, 5) is 9.36. The number of benzene rings is 1. The number of ether oxygens (including phenoxy) is 1. The molecule has 0 amide bonds. The summed E-state index contributed by atoms with van der Waals surface area (Å²) in [6.45, 7) is 1.16. The third-order valence-electron chi connectivity index (χ3n) is 4.99. The number of thiophene rings is 1. The summed E-state index contributed by atoms with van der Waals surface area (Å²) in [5.41, 5.74) is 8.51. The fourth-order valence-electron chi connectivity index (χ4n) is 3.65. The van der Waals surface area contributed by atoms with Gasteiger partial charge in [-0.05, 0) is 36.4 Å². The van der Waals surface area contributed by atoms with Crippen LogP contribution in [0.1, 0.15) is 12.8 Å². The van der Waals surface area contributed by atoms with Crippen molar-refractivity contribution >= 4 is 49.2 Å². The lowest BCUT2D eigenvalue weighted by atomic mass is 10.2. The Morgan fingerprint density at radius 1 is 1.18 bits per heavy atom. The molecule has 4 aromatic rings. The predicted molar refractivity (Wildman–Crippen MR) is 108 cm³/mol. The molecule has 5 rings (SSSR count). The van der Waals surface area contributed by atoms with E-state index in [2.05, 4.69) is 4.98 Å². The van der Waals surface area contributed by atoms with E-state index in [4.69, 9.17) is 15.5 Å². The Balaban J connectivity index is 1.81. The number of rotatable bonds is 4. The summed E-state index contributed by atoms with van der Waals surface area (Å²) >= 11 is 1.16. The fourth-order valence-corrected chi connectivity index (χ4v) is 6.26. The normalized spacial score (nSPS) is 17.6. The standard InChI is InChI=1S/C19H18N4O3S2/c20-18-17(28(24,25)15-8-4-10-27-15)16-19(23(18)11-12-5-3-9-26-12)22-14-7-2-1-6-13(14)21-16/h1-2,4,6-8,10,12H,3,5,9,11,20H2/t12-/m0/s1. The van der Waals surface area contributed by atoms with E-state index in [1.807, 2.05) is 24.3 Å². The molecule has 1 atom stereocenters. The number of hydrogen-bond donors (Lipinski definition) is 1. The molecule has 4 heterocycles. The quantitative estimate of drug-likeness (QED) is 0.550. The first-order valence-electron chi connectivity index (χ1n) is 9.00. The van der Waals surface area contributed by atoms with Gasteiger partial charge in [0.15, 0.2) is 5.65 Å². The van der Waals surface area contributed by atoms with Crippen molar-refractivity contribution in [3.05, 3.63) is 41.8 Å². The number of para-hydroxylation sites is 2. The van der Waals surface area contributed by atoms with Gasteiger partial charge in [-0.15, -0.1) is 11.3 Å². The molecule has 0 bridgehead atoms. The van der Waals surface area contributed by atoms with Gasteiger partial charge in [0.05, 0.1) is 23.7 Å². The van der Waals surface area contributed by atoms with E-state index in [0.717, 1.165) is 24.2 Å². The first kappa shape index (κ1) is 17.6. The van der Waals surface area contributed by atoms with E-state index in [0.29, 0.717) is 35.3 Å². The minimum atomic E-state index is -3.80.